The molecule has 126 valence electrons. The fourth-order valence-corrected chi connectivity index (χ4v) is 3.00. The first-order chi connectivity index (χ1) is 11.5. The van der Waals surface area contributed by atoms with Crippen LogP contribution in [-0.4, -0.2) is 24.7 Å². The summed E-state index contributed by atoms with van der Waals surface area (Å²) in [5.74, 6) is 0.633. The number of rotatable bonds is 6. The van der Waals surface area contributed by atoms with Gasteiger partial charge in [-0.15, -0.1) is 11.8 Å². The molecule has 0 atom stereocenters. The molecule has 0 aromatic heterocycles. The highest BCUT2D eigenvalue weighted by Gasteiger charge is 2.08. The maximum Gasteiger partial charge on any atom is 0.337 e. The van der Waals surface area contributed by atoms with Gasteiger partial charge in [-0.05, 0) is 48.7 Å². The Morgan fingerprint density at radius 2 is 1.92 bits per heavy atom. The van der Waals surface area contributed by atoms with Gasteiger partial charge < -0.3 is 10.1 Å². The van der Waals surface area contributed by atoms with Gasteiger partial charge in [-0.1, -0.05) is 24.3 Å². The number of carbonyl (C=O) groups excluding carboxylic acids is 2. The van der Waals surface area contributed by atoms with E-state index < -0.39 is 0 Å². The molecule has 0 heterocycles. The van der Waals surface area contributed by atoms with Crippen LogP contribution < -0.4 is 5.32 Å². The number of nitrogens with one attached hydrogen (secondary N) is 1. The van der Waals surface area contributed by atoms with Gasteiger partial charge in [0.15, 0.2) is 0 Å². The van der Waals surface area contributed by atoms with Crippen molar-refractivity contribution >= 4 is 29.3 Å². The summed E-state index contributed by atoms with van der Waals surface area (Å²) >= 11 is 1.51. The van der Waals surface area contributed by atoms with Crippen LogP contribution in [-0.2, 0) is 15.3 Å². The van der Waals surface area contributed by atoms with Gasteiger partial charge in [-0.3, -0.25) is 4.79 Å². The van der Waals surface area contributed by atoms with Crippen LogP contribution in [0.5, 0.6) is 0 Å². The summed E-state index contributed by atoms with van der Waals surface area (Å²) in [5.41, 5.74) is 4.53. The van der Waals surface area contributed by atoms with Crippen molar-refractivity contribution in [3.05, 3.63) is 64.7 Å². The fraction of sp³-hybridized carbons (Fsp3) is 0.263. The Hall–Kier alpha value is -2.27. The van der Waals surface area contributed by atoms with Crippen molar-refractivity contribution in [2.24, 2.45) is 0 Å². The highest BCUT2D eigenvalue weighted by atomic mass is 32.2. The normalized spacial score (nSPS) is 10.3. The van der Waals surface area contributed by atoms with Gasteiger partial charge in [0, 0.05) is 11.4 Å². The van der Waals surface area contributed by atoms with E-state index in [2.05, 4.69) is 5.32 Å². The van der Waals surface area contributed by atoms with Gasteiger partial charge in [0.1, 0.15) is 0 Å². The molecule has 0 aliphatic heterocycles. The second kappa shape index (κ2) is 8.55. The number of hydrogen-bond donors (Lipinski definition) is 1. The second-order valence-corrected chi connectivity index (χ2v) is 6.54. The number of amides is 1. The summed E-state index contributed by atoms with van der Waals surface area (Å²) < 4.78 is 4.71. The lowest BCUT2D eigenvalue weighted by atomic mass is 10.1. The Bertz CT molecular complexity index is 743. The van der Waals surface area contributed by atoms with Crippen LogP contribution in [0.3, 0.4) is 0 Å². The van der Waals surface area contributed by atoms with Crippen molar-refractivity contribution in [3.63, 3.8) is 0 Å². The molecule has 24 heavy (non-hydrogen) atoms. The lowest BCUT2D eigenvalue weighted by molar-refractivity contribution is -0.113. The zero-order chi connectivity index (χ0) is 17.5. The molecule has 2 aromatic rings. The van der Waals surface area contributed by atoms with Gasteiger partial charge in [0.05, 0.1) is 18.4 Å². The Kier molecular flexibility index (Phi) is 6.44. The molecule has 0 aliphatic carbocycles. The van der Waals surface area contributed by atoms with Crippen LogP contribution >= 0.6 is 11.8 Å². The number of methoxy groups -OCH3 is 1. The number of esters is 1. The van der Waals surface area contributed by atoms with E-state index in [-0.39, 0.29) is 11.9 Å². The summed E-state index contributed by atoms with van der Waals surface area (Å²) in [6, 6.07) is 13.2. The maximum absolute atomic E-state index is 12.1. The minimum atomic E-state index is -0.352. The molecule has 0 radical (unpaired) electrons. The molecule has 0 saturated heterocycles. The standard InChI is InChI=1S/C19H21NO3S/c1-13-7-8-14(2)17(9-13)20-18(21)12-24-11-15-5-4-6-16(10-15)19(22)23-3/h4-10H,11-12H2,1-3H3,(H,20,21). The van der Waals surface area contributed by atoms with Gasteiger partial charge in [-0.2, -0.15) is 0 Å². The van der Waals surface area contributed by atoms with Crippen molar-refractivity contribution in [3.8, 4) is 0 Å². The molecule has 2 aromatic carbocycles. The van der Waals surface area contributed by atoms with Gasteiger partial charge >= 0.3 is 5.97 Å². The van der Waals surface area contributed by atoms with Crippen LogP contribution in [0.15, 0.2) is 42.5 Å². The SMILES string of the molecule is COC(=O)c1cccc(CSCC(=O)Nc2cc(C)ccc2C)c1. The highest BCUT2D eigenvalue weighted by Crippen LogP contribution is 2.18. The van der Waals surface area contributed by atoms with E-state index in [0.717, 1.165) is 22.4 Å². The minimum Gasteiger partial charge on any atom is -0.465 e. The molecule has 0 saturated carbocycles. The molecule has 1 amide bonds. The number of thioether (sulfide) groups is 1. The number of carbonyl (C=O) groups is 2. The molecule has 0 spiro atoms. The molecule has 2 rings (SSSR count). The van der Waals surface area contributed by atoms with Crippen molar-refractivity contribution < 1.29 is 14.3 Å². The van der Waals surface area contributed by atoms with Crippen molar-refractivity contribution in [1.29, 1.82) is 0 Å². The monoisotopic (exact) mass is 343 g/mol. The Morgan fingerprint density at radius 3 is 2.67 bits per heavy atom. The summed E-state index contributed by atoms with van der Waals surface area (Å²) in [5, 5.41) is 2.94. The number of benzene rings is 2. The summed E-state index contributed by atoms with van der Waals surface area (Å²) in [6.07, 6.45) is 0. The van der Waals surface area contributed by atoms with E-state index in [9.17, 15) is 9.59 Å². The second-order valence-electron chi connectivity index (χ2n) is 5.55. The number of ether oxygens (including phenoxy) is 1. The topological polar surface area (TPSA) is 55.4 Å². The zero-order valence-electron chi connectivity index (χ0n) is 14.1. The molecular formula is C19H21NO3S. The van der Waals surface area contributed by atoms with Crippen molar-refractivity contribution in [2.45, 2.75) is 19.6 Å². The summed E-state index contributed by atoms with van der Waals surface area (Å²) in [7, 11) is 1.36. The van der Waals surface area contributed by atoms with E-state index in [4.69, 9.17) is 4.74 Å². The number of hydrogen-bond acceptors (Lipinski definition) is 4. The van der Waals surface area contributed by atoms with Crippen molar-refractivity contribution in [1.82, 2.24) is 0 Å². The molecule has 0 bridgehead atoms. The minimum absolute atomic E-state index is 0.0298. The number of anilines is 1. The average Bonchev–Trinajstić information content (AvgIpc) is 2.57. The van der Waals surface area contributed by atoms with E-state index >= 15 is 0 Å². The lowest BCUT2D eigenvalue weighted by Crippen LogP contribution is -2.15. The van der Waals surface area contributed by atoms with Crippen LogP contribution in [0.25, 0.3) is 0 Å². The Balaban J connectivity index is 1.86. The smallest absolute Gasteiger partial charge is 0.337 e. The van der Waals surface area contributed by atoms with Crippen LogP contribution in [0.4, 0.5) is 5.69 Å². The molecule has 5 heteroatoms. The molecular weight excluding hydrogens is 322 g/mol. The first-order valence-electron chi connectivity index (χ1n) is 7.61. The Labute approximate surface area is 146 Å². The van der Waals surface area contributed by atoms with Crippen LogP contribution in [0.1, 0.15) is 27.0 Å². The fourth-order valence-electron chi connectivity index (χ4n) is 2.22. The van der Waals surface area contributed by atoms with Gasteiger partial charge in [0.25, 0.3) is 0 Å². The molecule has 1 N–H and O–H groups in total. The predicted molar refractivity (Wildman–Crippen MR) is 98.5 cm³/mol. The molecule has 0 aliphatic rings. The average molecular weight is 343 g/mol. The zero-order valence-corrected chi connectivity index (χ0v) is 14.9. The number of aryl methyl sites for hydroxylation is 2. The van der Waals surface area contributed by atoms with Crippen LogP contribution in [0.2, 0.25) is 0 Å². The van der Waals surface area contributed by atoms with E-state index in [1.165, 1.54) is 18.9 Å². The van der Waals surface area contributed by atoms with E-state index in [1.807, 2.05) is 44.2 Å². The van der Waals surface area contributed by atoms with E-state index in [1.54, 1.807) is 12.1 Å². The molecule has 0 unspecified atom stereocenters. The predicted octanol–water partition coefficient (Wildman–Crippen LogP) is 3.96. The third kappa shape index (κ3) is 5.13. The Morgan fingerprint density at radius 1 is 1.12 bits per heavy atom. The van der Waals surface area contributed by atoms with Gasteiger partial charge in [-0.25, -0.2) is 4.79 Å². The summed E-state index contributed by atoms with van der Waals surface area (Å²) in [4.78, 5) is 23.6. The highest BCUT2D eigenvalue weighted by molar-refractivity contribution is 7.99. The van der Waals surface area contributed by atoms with Crippen LogP contribution in [0, 0.1) is 13.8 Å². The first kappa shape index (κ1) is 18.1. The first-order valence-corrected chi connectivity index (χ1v) is 8.77. The largest absolute Gasteiger partial charge is 0.465 e. The third-order valence-electron chi connectivity index (χ3n) is 3.52. The van der Waals surface area contributed by atoms with Crippen molar-refractivity contribution in [2.75, 3.05) is 18.2 Å². The summed E-state index contributed by atoms with van der Waals surface area (Å²) in [6.45, 7) is 3.97. The maximum atomic E-state index is 12.1. The third-order valence-corrected chi connectivity index (χ3v) is 4.52. The molecule has 0 fully saturated rings. The van der Waals surface area contributed by atoms with Gasteiger partial charge in [0.2, 0.25) is 5.91 Å². The van der Waals surface area contributed by atoms with E-state index in [0.29, 0.717) is 17.1 Å². The lowest BCUT2D eigenvalue weighted by Gasteiger charge is -2.09. The molecule has 4 nitrogen and oxygen atoms in total. The quantitative estimate of drug-likeness (QED) is 0.807.